The Morgan fingerprint density at radius 2 is 1.84 bits per heavy atom. The topological polar surface area (TPSA) is 42.1 Å². The summed E-state index contributed by atoms with van der Waals surface area (Å²) in [4.78, 5) is 14.8. The average Bonchev–Trinajstić information content (AvgIpc) is 2.95. The Morgan fingerprint density at radius 1 is 1.05 bits per heavy atom. The molecular formula is C16H13NO2. The maximum absolute atomic E-state index is 11.7. The van der Waals surface area contributed by atoms with E-state index in [0.29, 0.717) is 5.56 Å². The summed E-state index contributed by atoms with van der Waals surface area (Å²) in [5.74, 6) is -0.329. The second kappa shape index (κ2) is 4.61. The van der Waals surface area contributed by atoms with Crippen LogP contribution in [0.2, 0.25) is 0 Å². The predicted octanol–water partition coefficient (Wildman–Crippen LogP) is 3.62. The number of methoxy groups -OCH3 is 1. The molecule has 2 aromatic carbocycles. The van der Waals surface area contributed by atoms with Gasteiger partial charge in [0.1, 0.15) is 0 Å². The molecule has 0 saturated heterocycles. The molecule has 0 unspecified atom stereocenters. The van der Waals surface area contributed by atoms with Crippen LogP contribution in [0.3, 0.4) is 0 Å². The van der Waals surface area contributed by atoms with E-state index in [0.717, 1.165) is 16.6 Å². The molecule has 0 amide bonds. The van der Waals surface area contributed by atoms with Gasteiger partial charge in [-0.25, -0.2) is 4.79 Å². The zero-order chi connectivity index (χ0) is 13.2. The minimum absolute atomic E-state index is 0.329. The van der Waals surface area contributed by atoms with Crippen LogP contribution in [0.4, 0.5) is 0 Å². The number of ether oxygens (including phenoxy) is 1. The summed E-state index contributed by atoms with van der Waals surface area (Å²) < 4.78 is 4.79. The summed E-state index contributed by atoms with van der Waals surface area (Å²) in [6.07, 6.45) is 1.75. The third-order valence-corrected chi connectivity index (χ3v) is 3.19. The van der Waals surface area contributed by atoms with Gasteiger partial charge < -0.3 is 9.72 Å². The van der Waals surface area contributed by atoms with Crippen LogP contribution in [0.15, 0.2) is 54.7 Å². The molecule has 0 aliphatic rings. The number of hydrogen-bond acceptors (Lipinski definition) is 2. The third kappa shape index (κ3) is 1.99. The number of esters is 1. The van der Waals surface area contributed by atoms with Crippen molar-refractivity contribution in [3.8, 4) is 11.3 Å². The predicted molar refractivity (Wildman–Crippen MR) is 75.1 cm³/mol. The molecule has 0 saturated carbocycles. The maximum Gasteiger partial charge on any atom is 0.340 e. The Kier molecular flexibility index (Phi) is 2.80. The zero-order valence-corrected chi connectivity index (χ0v) is 10.5. The first-order chi connectivity index (χ1) is 9.29. The van der Waals surface area contributed by atoms with Gasteiger partial charge in [0, 0.05) is 6.20 Å². The average molecular weight is 251 g/mol. The molecule has 94 valence electrons. The Balaban J connectivity index is 2.14. The smallest absolute Gasteiger partial charge is 0.340 e. The molecule has 1 heterocycles. The highest BCUT2D eigenvalue weighted by atomic mass is 16.5. The van der Waals surface area contributed by atoms with Gasteiger partial charge in [-0.15, -0.1) is 0 Å². The summed E-state index contributed by atoms with van der Waals surface area (Å²) in [6, 6.07) is 16.0. The fourth-order valence-electron chi connectivity index (χ4n) is 2.23. The Labute approximate surface area is 110 Å². The number of carbonyl (C=O) groups is 1. The summed E-state index contributed by atoms with van der Waals surface area (Å²) in [6.45, 7) is 0. The highest BCUT2D eigenvalue weighted by Crippen LogP contribution is 2.26. The third-order valence-electron chi connectivity index (χ3n) is 3.19. The Bertz CT molecular complexity index is 743. The highest BCUT2D eigenvalue weighted by molar-refractivity contribution is 5.97. The van der Waals surface area contributed by atoms with E-state index in [1.165, 1.54) is 12.5 Å². The van der Waals surface area contributed by atoms with Gasteiger partial charge in [0.05, 0.1) is 18.4 Å². The van der Waals surface area contributed by atoms with E-state index in [4.69, 9.17) is 4.74 Å². The van der Waals surface area contributed by atoms with Gasteiger partial charge in [0.2, 0.25) is 0 Å². The minimum atomic E-state index is -0.329. The Morgan fingerprint density at radius 3 is 2.63 bits per heavy atom. The number of aromatic nitrogens is 1. The number of carbonyl (C=O) groups excluding carboxylic acids is 1. The quantitative estimate of drug-likeness (QED) is 0.707. The molecule has 1 N–H and O–H groups in total. The molecule has 19 heavy (non-hydrogen) atoms. The van der Waals surface area contributed by atoms with Crippen LogP contribution < -0.4 is 0 Å². The van der Waals surface area contributed by atoms with Gasteiger partial charge in [0.25, 0.3) is 0 Å². The molecule has 3 heteroatoms. The SMILES string of the molecule is COC(=O)c1cc[nH]c1-c1ccc2ccccc2c1. The van der Waals surface area contributed by atoms with Gasteiger partial charge in [0.15, 0.2) is 0 Å². The summed E-state index contributed by atoms with van der Waals surface area (Å²) in [5, 5.41) is 2.32. The first-order valence-electron chi connectivity index (χ1n) is 6.04. The van der Waals surface area contributed by atoms with Crippen molar-refractivity contribution in [3.63, 3.8) is 0 Å². The van der Waals surface area contributed by atoms with Crippen molar-refractivity contribution in [3.05, 3.63) is 60.3 Å². The van der Waals surface area contributed by atoms with Crippen molar-refractivity contribution < 1.29 is 9.53 Å². The van der Waals surface area contributed by atoms with Gasteiger partial charge in [-0.05, 0) is 28.5 Å². The standard InChI is InChI=1S/C16H13NO2/c1-19-16(18)14-8-9-17-15(14)13-7-6-11-4-2-3-5-12(11)10-13/h2-10,17H,1H3. The fourth-order valence-corrected chi connectivity index (χ4v) is 2.23. The number of benzene rings is 2. The molecule has 3 aromatic rings. The first kappa shape index (κ1) is 11.5. The monoisotopic (exact) mass is 251 g/mol. The fraction of sp³-hybridized carbons (Fsp3) is 0.0625. The lowest BCUT2D eigenvalue weighted by Crippen LogP contribution is -2.01. The number of nitrogens with one attached hydrogen (secondary N) is 1. The lowest BCUT2D eigenvalue weighted by Gasteiger charge is -2.05. The molecule has 3 rings (SSSR count). The second-order valence-electron chi connectivity index (χ2n) is 4.32. The van der Waals surface area contributed by atoms with E-state index >= 15 is 0 Å². The molecule has 0 fully saturated rings. The van der Waals surface area contributed by atoms with Gasteiger partial charge in [-0.3, -0.25) is 0 Å². The van der Waals surface area contributed by atoms with Crippen molar-refractivity contribution in [1.82, 2.24) is 4.98 Å². The number of fused-ring (bicyclic) bond motifs is 1. The normalized spacial score (nSPS) is 10.6. The van der Waals surface area contributed by atoms with Gasteiger partial charge in [-0.1, -0.05) is 36.4 Å². The number of H-pyrrole nitrogens is 1. The van der Waals surface area contributed by atoms with Crippen molar-refractivity contribution in [1.29, 1.82) is 0 Å². The summed E-state index contributed by atoms with van der Waals surface area (Å²) in [5.41, 5.74) is 2.32. The van der Waals surface area contributed by atoms with E-state index in [1.54, 1.807) is 12.3 Å². The van der Waals surface area contributed by atoms with Crippen molar-refractivity contribution in [2.75, 3.05) is 7.11 Å². The number of rotatable bonds is 2. The van der Waals surface area contributed by atoms with Crippen LogP contribution in [-0.4, -0.2) is 18.1 Å². The molecule has 0 aliphatic heterocycles. The first-order valence-corrected chi connectivity index (χ1v) is 6.04. The molecule has 0 radical (unpaired) electrons. The largest absolute Gasteiger partial charge is 0.465 e. The molecule has 1 aromatic heterocycles. The summed E-state index contributed by atoms with van der Waals surface area (Å²) in [7, 11) is 1.39. The lowest BCUT2D eigenvalue weighted by atomic mass is 10.0. The van der Waals surface area contributed by atoms with E-state index in [9.17, 15) is 4.79 Å². The molecular weight excluding hydrogens is 238 g/mol. The van der Waals surface area contributed by atoms with E-state index in [-0.39, 0.29) is 5.97 Å². The number of hydrogen-bond donors (Lipinski definition) is 1. The van der Waals surface area contributed by atoms with Crippen molar-refractivity contribution in [2.45, 2.75) is 0 Å². The van der Waals surface area contributed by atoms with E-state index < -0.39 is 0 Å². The second-order valence-corrected chi connectivity index (χ2v) is 4.32. The van der Waals surface area contributed by atoms with Gasteiger partial charge in [-0.2, -0.15) is 0 Å². The molecule has 0 aliphatic carbocycles. The van der Waals surface area contributed by atoms with Crippen LogP contribution in [0, 0.1) is 0 Å². The van der Waals surface area contributed by atoms with Gasteiger partial charge >= 0.3 is 5.97 Å². The van der Waals surface area contributed by atoms with Crippen LogP contribution >= 0.6 is 0 Å². The molecule has 0 spiro atoms. The molecule has 3 nitrogen and oxygen atoms in total. The van der Waals surface area contributed by atoms with Crippen LogP contribution in [-0.2, 0) is 4.74 Å². The highest BCUT2D eigenvalue weighted by Gasteiger charge is 2.14. The minimum Gasteiger partial charge on any atom is -0.465 e. The lowest BCUT2D eigenvalue weighted by molar-refractivity contribution is 0.0602. The van der Waals surface area contributed by atoms with Crippen LogP contribution in [0.5, 0.6) is 0 Å². The summed E-state index contributed by atoms with van der Waals surface area (Å²) >= 11 is 0. The van der Waals surface area contributed by atoms with Crippen molar-refractivity contribution in [2.24, 2.45) is 0 Å². The zero-order valence-electron chi connectivity index (χ0n) is 10.5. The molecule has 0 atom stereocenters. The Hall–Kier alpha value is -2.55. The molecule has 0 bridgehead atoms. The number of aromatic amines is 1. The van der Waals surface area contributed by atoms with Crippen LogP contribution in [0.1, 0.15) is 10.4 Å². The van der Waals surface area contributed by atoms with Crippen LogP contribution in [0.25, 0.3) is 22.0 Å². The maximum atomic E-state index is 11.7. The van der Waals surface area contributed by atoms with Crippen molar-refractivity contribution >= 4 is 16.7 Å². The van der Waals surface area contributed by atoms with E-state index in [2.05, 4.69) is 23.2 Å². The van der Waals surface area contributed by atoms with E-state index in [1.807, 2.05) is 24.3 Å².